The molecule has 0 radical (unpaired) electrons. The molecule has 0 saturated carbocycles. The van der Waals surface area contributed by atoms with Crippen LogP contribution >= 0.6 is 23.2 Å². The second kappa shape index (κ2) is 5.29. The first-order valence-corrected chi connectivity index (χ1v) is 8.06. The van der Waals surface area contributed by atoms with E-state index in [0.717, 1.165) is 23.2 Å². The summed E-state index contributed by atoms with van der Waals surface area (Å²) in [7, 11) is 0. The molecule has 22 heavy (non-hydrogen) atoms. The van der Waals surface area contributed by atoms with Crippen LogP contribution in [0.25, 0.3) is 0 Å². The Kier molecular flexibility index (Phi) is 3.39. The van der Waals surface area contributed by atoms with Gasteiger partial charge in [0, 0.05) is 11.6 Å². The zero-order valence-electron chi connectivity index (χ0n) is 11.7. The van der Waals surface area contributed by atoms with E-state index in [0.29, 0.717) is 16.0 Å². The van der Waals surface area contributed by atoms with Gasteiger partial charge >= 0.3 is 0 Å². The number of allylic oxidation sites excluding steroid dienone is 2. The van der Waals surface area contributed by atoms with Crippen LogP contribution < -0.4 is 5.32 Å². The quantitative estimate of drug-likeness (QED) is 0.635. The van der Waals surface area contributed by atoms with E-state index < -0.39 is 0 Å². The van der Waals surface area contributed by atoms with E-state index in [9.17, 15) is 4.39 Å². The highest BCUT2D eigenvalue weighted by atomic mass is 35.5. The smallest absolute Gasteiger partial charge is 0.123 e. The van der Waals surface area contributed by atoms with Gasteiger partial charge in [0.05, 0.1) is 16.1 Å². The second-order valence-electron chi connectivity index (χ2n) is 5.88. The Morgan fingerprint density at radius 1 is 1.05 bits per heavy atom. The van der Waals surface area contributed by atoms with Crippen molar-refractivity contribution in [3.05, 3.63) is 75.5 Å². The molecule has 1 aliphatic carbocycles. The number of hydrogen-bond donors (Lipinski definition) is 1. The Morgan fingerprint density at radius 2 is 1.91 bits per heavy atom. The number of halogens is 3. The third-order valence-electron chi connectivity index (χ3n) is 4.63. The summed E-state index contributed by atoms with van der Waals surface area (Å²) in [6, 6.07) is 10.9. The number of anilines is 1. The SMILES string of the molecule is Fc1ccc2c(c1)[C@@H]1C=CC[C@@H]1[C@H](c1ccc(Cl)c(Cl)c1)N2. The number of nitrogens with one attached hydrogen (secondary N) is 1. The van der Waals surface area contributed by atoms with Crippen LogP contribution in [0.1, 0.15) is 29.5 Å². The Hall–Kier alpha value is -1.51. The largest absolute Gasteiger partial charge is 0.378 e. The lowest BCUT2D eigenvalue weighted by atomic mass is 9.77. The van der Waals surface area contributed by atoms with Crippen LogP contribution in [-0.4, -0.2) is 0 Å². The van der Waals surface area contributed by atoms with Gasteiger partial charge in [-0.3, -0.25) is 0 Å². The fourth-order valence-electron chi connectivity index (χ4n) is 3.60. The van der Waals surface area contributed by atoms with Gasteiger partial charge in [0.2, 0.25) is 0 Å². The maximum atomic E-state index is 13.6. The molecule has 1 nitrogen and oxygen atoms in total. The fraction of sp³-hybridized carbons (Fsp3) is 0.222. The van der Waals surface area contributed by atoms with Gasteiger partial charge in [-0.25, -0.2) is 4.39 Å². The molecule has 3 atom stereocenters. The van der Waals surface area contributed by atoms with Gasteiger partial charge in [0.15, 0.2) is 0 Å². The zero-order chi connectivity index (χ0) is 15.3. The summed E-state index contributed by atoms with van der Waals surface area (Å²) in [5, 5.41) is 4.67. The van der Waals surface area contributed by atoms with Crippen molar-refractivity contribution in [2.75, 3.05) is 5.32 Å². The molecular weight excluding hydrogens is 320 g/mol. The molecule has 4 heteroatoms. The van der Waals surface area contributed by atoms with Gasteiger partial charge < -0.3 is 5.32 Å². The van der Waals surface area contributed by atoms with Crippen LogP contribution in [0.3, 0.4) is 0 Å². The molecule has 1 aliphatic heterocycles. The average molecular weight is 334 g/mol. The van der Waals surface area contributed by atoms with Crippen LogP contribution in [0, 0.1) is 11.7 Å². The maximum absolute atomic E-state index is 13.6. The molecule has 0 bridgehead atoms. The summed E-state index contributed by atoms with van der Waals surface area (Å²) in [5.41, 5.74) is 3.14. The Morgan fingerprint density at radius 3 is 2.73 bits per heavy atom. The molecular formula is C18H14Cl2FN. The van der Waals surface area contributed by atoms with Crippen molar-refractivity contribution in [3.63, 3.8) is 0 Å². The third-order valence-corrected chi connectivity index (χ3v) is 5.37. The van der Waals surface area contributed by atoms with E-state index in [1.807, 2.05) is 24.3 Å². The van der Waals surface area contributed by atoms with Gasteiger partial charge in [0.25, 0.3) is 0 Å². The average Bonchev–Trinajstić information content (AvgIpc) is 2.99. The van der Waals surface area contributed by atoms with Crippen molar-refractivity contribution in [1.82, 2.24) is 0 Å². The normalized spacial score (nSPS) is 25.5. The number of hydrogen-bond acceptors (Lipinski definition) is 1. The van der Waals surface area contributed by atoms with Crippen molar-refractivity contribution in [2.24, 2.45) is 5.92 Å². The highest BCUT2D eigenvalue weighted by Crippen LogP contribution is 2.50. The summed E-state index contributed by atoms with van der Waals surface area (Å²) in [6.45, 7) is 0. The Labute approximate surface area is 138 Å². The van der Waals surface area contributed by atoms with Gasteiger partial charge in [0.1, 0.15) is 5.82 Å². The lowest BCUT2D eigenvalue weighted by Crippen LogP contribution is -2.29. The van der Waals surface area contributed by atoms with Gasteiger partial charge in [-0.15, -0.1) is 0 Å². The van der Waals surface area contributed by atoms with Crippen LogP contribution in [-0.2, 0) is 0 Å². The van der Waals surface area contributed by atoms with Crippen LogP contribution in [0.4, 0.5) is 10.1 Å². The molecule has 0 fully saturated rings. The Bertz CT molecular complexity index is 772. The van der Waals surface area contributed by atoms with Crippen LogP contribution in [0.15, 0.2) is 48.6 Å². The predicted molar refractivity (Wildman–Crippen MR) is 89.2 cm³/mol. The van der Waals surface area contributed by atoms with E-state index in [-0.39, 0.29) is 17.8 Å². The molecule has 0 amide bonds. The van der Waals surface area contributed by atoms with E-state index in [2.05, 4.69) is 17.5 Å². The number of benzene rings is 2. The summed E-state index contributed by atoms with van der Waals surface area (Å²) < 4.78 is 13.6. The summed E-state index contributed by atoms with van der Waals surface area (Å²) in [4.78, 5) is 0. The van der Waals surface area contributed by atoms with Crippen LogP contribution in [0.5, 0.6) is 0 Å². The Balaban J connectivity index is 1.79. The lowest BCUT2D eigenvalue weighted by molar-refractivity contribution is 0.424. The molecule has 0 spiro atoms. The summed E-state index contributed by atoms with van der Waals surface area (Å²) in [6.07, 6.45) is 5.34. The minimum atomic E-state index is -0.187. The van der Waals surface area contributed by atoms with Crippen molar-refractivity contribution >= 4 is 28.9 Å². The van der Waals surface area contributed by atoms with E-state index in [4.69, 9.17) is 23.2 Å². The summed E-state index contributed by atoms with van der Waals surface area (Å²) >= 11 is 12.2. The highest BCUT2D eigenvalue weighted by molar-refractivity contribution is 6.42. The third kappa shape index (κ3) is 2.22. The van der Waals surface area contributed by atoms with E-state index in [1.54, 1.807) is 6.07 Å². The number of fused-ring (bicyclic) bond motifs is 3. The first-order chi connectivity index (χ1) is 10.6. The minimum Gasteiger partial charge on any atom is -0.378 e. The molecule has 2 aromatic carbocycles. The van der Waals surface area contributed by atoms with Crippen molar-refractivity contribution < 1.29 is 4.39 Å². The first-order valence-electron chi connectivity index (χ1n) is 7.31. The van der Waals surface area contributed by atoms with E-state index in [1.165, 1.54) is 6.07 Å². The monoisotopic (exact) mass is 333 g/mol. The van der Waals surface area contributed by atoms with Crippen LogP contribution in [0.2, 0.25) is 10.0 Å². The van der Waals surface area contributed by atoms with Crippen molar-refractivity contribution in [2.45, 2.75) is 18.4 Å². The minimum absolute atomic E-state index is 0.146. The molecule has 112 valence electrons. The highest BCUT2D eigenvalue weighted by Gasteiger charge is 2.38. The van der Waals surface area contributed by atoms with Gasteiger partial charge in [-0.2, -0.15) is 0 Å². The molecule has 2 aliphatic rings. The van der Waals surface area contributed by atoms with E-state index >= 15 is 0 Å². The molecule has 0 unspecified atom stereocenters. The molecule has 0 saturated heterocycles. The molecule has 4 rings (SSSR count). The zero-order valence-corrected chi connectivity index (χ0v) is 13.2. The molecule has 2 aromatic rings. The van der Waals surface area contributed by atoms with Crippen molar-refractivity contribution in [1.29, 1.82) is 0 Å². The fourth-order valence-corrected chi connectivity index (χ4v) is 3.91. The first kappa shape index (κ1) is 14.1. The predicted octanol–water partition coefficient (Wildman–Crippen LogP) is 5.96. The van der Waals surface area contributed by atoms with Crippen molar-refractivity contribution in [3.8, 4) is 0 Å². The molecule has 0 aromatic heterocycles. The maximum Gasteiger partial charge on any atom is 0.123 e. The standard InChI is InChI=1S/C18H14Cl2FN/c19-15-6-4-10(8-16(15)20)18-13-3-1-2-12(13)14-9-11(21)5-7-17(14)22-18/h1-2,4-9,12-13,18,22H,3H2/t12-,13+,18+/m1/s1. The second-order valence-corrected chi connectivity index (χ2v) is 6.70. The lowest BCUT2D eigenvalue weighted by Gasteiger charge is -2.37. The van der Waals surface area contributed by atoms with Gasteiger partial charge in [-0.1, -0.05) is 41.4 Å². The molecule has 1 heterocycles. The topological polar surface area (TPSA) is 12.0 Å². The van der Waals surface area contributed by atoms with Gasteiger partial charge in [-0.05, 0) is 53.8 Å². The number of rotatable bonds is 1. The summed E-state index contributed by atoms with van der Waals surface area (Å²) in [5.74, 6) is 0.422. The molecule has 1 N–H and O–H groups in total.